The molecular formula is C16H24FNO2. The Morgan fingerprint density at radius 1 is 1.25 bits per heavy atom. The van der Waals surface area contributed by atoms with Gasteiger partial charge in [-0.05, 0) is 38.3 Å². The van der Waals surface area contributed by atoms with Crippen molar-refractivity contribution in [1.29, 1.82) is 0 Å². The van der Waals surface area contributed by atoms with Crippen LogP contribution in [-0.2, 0) is 11.3 Å². The predicted molar refractivity (Wildman–Crippen MR) is 77.5 cm³/mol. The van der Waals surface area contributed by atoms with Gasteiger partial charge in [0.25, 0.3) is 0 Å². The van der Waals surface area contributed by atoms with E-state index in [-0.39, 0.29) is 17.7 Å². The Bertz CT molecular complexity index is 417. The highest BCUT2D eigenvalue weighted by atomic mass is 19.1. The molecule has 1 fully saturated rings. The van der Waals surface area contributed by atoms with Gasteiger partial charge in [-0.15, -0.1) is 0 Å². The van der Waals surface area contributed by atoms with Gasteiger partial charge in [0.2, 0.25) is 0 Å². The molecule has 1 aromatic rings. The van der Waals surface area contributed by atoms with Crippen LogP contribution in [0.25, 0.3) is 0 Å². The molecule has 0 bridgehead atoms. The van der Waals surface area contributed by atoms with Crippen LogP contribution in [-0.4, -0.2) is 25.8 Å². The number of nitrogens with one attached hydrogen (secondary N) is 1. The molecule has 0 unspecified atom stereocenters. The van der Waals surface area contributed by atoms with Crippen LogP contribution in [0, 0.1) is 5.82 Å². The highest BCUT2D eigenvalue weighted by Gasteiger charge is 2.21. The molecule has 1 saturated carbocycles. The fraction of sp³-hybridized carbons (Fsp3) is 0.625. The highest BCUT2D eigenvalue weighted by Crippen LogP contribution is 2.24. The lowest BCUT2D eigenvalue weighted by atomic mass is 9.93. The SMILES string of the molecule is CCNC1CCC(OCc2cccc(OC)c2F)CC1. The van der Waals surface area contributed by atoms with E-state index < -0.39 is 0 Å². The van der Waals surface area contributed by atoms with Crippen LogP contribution in [0.5, 0.6) is 5.75 Å². The maximum absolute atomic E-state index is 14.0. The van der Waals surface area contributed by atoms with Crippen LogP contribution in [0.2, 0.25) is 0 Å². The van der Waals surface area contributed by atoms with Crippen molar-refractivity contribution >= 4 is 0 Å². The van der Waals surface area contributed by atoms with Crippen molar-refractivity contribution in [1.82, 2.24) is 5.32 Å². The molecule has 112 valence electrons. The Morgan fingerprint density at radius 2 is 2.00 bits per heavy atom. The number of benzene rings is 1. The van der Waals surface area contributed by atoms with E-state index in [1.165, 1.54) is 7.11 Å². The minimum atomic E-state index is -0.309. The Morgan fingerprint density at radius 3 is 2.65 bits per heavy atom. The summed E-state index contributed by atoms with van der Waals surface area (Å²) < 4.78 is 24.8. The Hall–Kier alpha value is -1.13. The van der Waals surface area contributed by atoms with E-state index >= 15 is 0 Å². The summed E-state index contributed by atoms with van der Waals surface area (Å²) in [5.74, 6) is -0.0294. The number of ether oxygens (including phenoxy) is 2. The Balaban J connectivity index is 1.82. The summed E-state index contributed by atoms with van der Waals surface area (Å²) >= 11 is 0. The summed E-state index contributed by atoms with van der Waals surface area (Å²) in [6.45, 7) is 3.47. The van der Waals surface area contributed by atoms with Crippen LogP contribution >= 0.6 is 0 Å². The first-order valence-electron chi connectivity index (χ1n) is 7.41. The van der Waals surface area contributed by atoms with Crippen molar-refractivity contribution in [2.24, 2.45) is 0 Å². The molecule has 1 N–H and O–H groups in total. The molecule has 3 nitrogen and oxygen atoms in total. The third-order valence-electron chi connectivity index (χ3n) is 3.90. The highest BCUT2D eigenvalue weighted by molar-refractivity contribution is 5.30. The van der Waals surface area contributed by atoms with E-state index in [0.717, 1.165) is 32.2 Å². The lowest BCUT2D eigenvalue weighted by Crippen LogP contribution is -2.35. The molecule has 2 rings (SSSR count). The van der Waals surface area contributed by atoms with Crippen molar-refractivity contribution in [3.63, 3.8) is 0 Å². The first-order valence-corrected chi connectivity index (χ1v) is 7.41. The van der Waals surface area contributed by atoms with Crippen molar-refractivity contribution in [2.75, 3.05) is 13.7 Å². The molecule has 0 aliphatic heterocycles. The number of halogens is 1. The zero-order valence-electron chi connectivity index (χ0n) is 12.3. The van der Waals surface area contributed by atoms with Gasteiger partial charge in [-0.25, -0.2) is 4.39 Å². The summed E-state index contributed by atoms with van der Waals surface area (Å²) in [7, 11) is 1.48. The number of rotatable bonds is 6. The van der Waals surface area contributed by atoms with E-state index in [0.29, 0.717) is 18.2 Å². The van der Waals surface area contributed by atoms with Gasteiger partial charge in [0.1, 0.15) is 0 Å². The van der Waals surface area contributed by atoms with Crippen LogP contribution in [0.1, 0.15) is 38.2 Å². The van der Waals surface area contributed by atoms with Gasteiger partial charge in [0, 0.05) is 11.6 Å². The quantitative estimate of drug-likeness (QED) is 0.868. The minimum Gasteiger partial charge on any atom is -0.494 e. The number of hydrogen-bond acceptors (Lipinski definition) is 3. The van der Waals surface area contributed by atoms with Crippen LogP contribution < -0.4 is 10.1 Å². The standard InChI is InChI=1S/C16H24FNO2/c1-3-18-13-7-9-14(10-8-13)20-11-12-5-4-6-15(19-2)16(12)17/h4-6,13-14,18H,3,7-11H2,1-2H3. The van der Waals surface area contributed by atoms with Crippen molar-refractivity contribution < 1.29 is 13.9 Å². The lowest BCUT2D eigenvalue weighted by molar-refractivity contribution is 0.0101. The lowest BCUT2D eigenvalue weighted by Gasteiger charge is -2.29. The van der Waals surface area contributed by atoms with Crippen molar-refractivity contribution in [3.8, 4) is 5.75 Å². The van der Waals surface area contributed by atoms with Gasteiger partial charge in [0.15, 0.2) is 11.6 Å². The second-order valence-corrected chi connectivity index (χ2v) is 5.28. The van der Waals surface area contributed by atoms with E-state index in [2.05, 4.69) is 12.2 Å². The van der Waals surface area contributed by atoms with Gasteiger partial charge >= 0.3 is 0 Å². The monoisotopic (exact) mass is 281 g/mol. The van der Waals surface area contributed by atoms with Gasteiger partial charge in [-0.3, -0.25) is 0 Å². The van der Waals surface area contributed by atoms with Gasteiger partial charge in [-0.1, -0.05) is 19.1 Å². The minimum absolute atomic E-state index is 0.246. The molecule has 0 heterocycles. The normalized spacial score (nSPS) is 22.8. The maximum atomic E-state index is 14.0. The molecule has 0 aromatic heterocycles. The second-order valence-electron chi connectivity index (χ2n) is 5.28. The average Bonchev–Trinajstić information content (AvgIpc) is 2.48. The summed E-state index contributed by atoms with van der Waals surface area (Å²) in [4.78, 5) is 0. The summed E-state index contributed by atoms with van der Waals surface area (Å²) in [6, 6.07) is 5.79. The third-order valence-corrected chi connectivity index (χ3v) is 3.90. The first kappa shape index (κ1) is 15.3. The predicted octanol–water partition coefficient (Wildman–Crippen LogP) is 3.27. The van der Waals surface area contributed by atoms with E-state index in [1.807, 2.05) is 0 Å². The zero-order valence-corrected chi connectivity index (χ0v) is 12.3. The molecular weight excluding hydrogens is 257 g/mol. The summed E-state index contributed by atoms with van der Waals surface area (Å²) in [5.41, 5.74) is 0.568. The van der Waals surface area contributed by atoms with Gasteiger partial charge < -0.3 is 14.8 Å². The van der Waals surface area contributed by atoms with E-state index in [9.17, 15) is 4.39 Å². The summed E-state index contributed by atoms with van der Waals surface area (Å²) in [6.07, 6.45) is 4.61. The Labute approximate surface area is 120 Å². The Kier molecular flexibility index (Phi) is 5.80. The maximum Gasteiger partial charge on any atom is 0.170 e. The molecule has 1 aliphatic carbocycles. The second kappa shape index (κ2) is 7.60. The number of hydrogen-bond donors (Lipinski definition) is 1. The van der Waals surface area contributed by atoms with Crippen LogP contribution in [0.3, 0.4) is 0 Å². The van der Waals surface area contributed by atoms with Crippen molar-refractivity contribution in [3.05, 3.63) is 29.6 Å². The molecule has 0 saturated heterocycles. The molecule has 20 heavy (non-hydrogen) atoms. The first-order chi connectivity index (χ1) is 9.74. The number of methoxy groups -OCH3 is 1. The van der Waals surface area contributed by atoms with Crippen LogP contribution in [0.4, 0.5) is 4.39 Å². The molecule has 1 aromatic carbocycles. The largest absolute Gasteiger partial charge is 0.494 e. The zero-order chi connectivity index (χ0) is 14.4. The topological polar surface area (TPSA) is 30.5 Å². The smallest absolute Gasteiger partial charge is 0.170 e. The third kappa shape index (κ3) is 3.93. The van der Waals surface area contributed by atoms with Gasteiger partial charge in [-0.2, -0.15) is 0 Å². The van der Waals surface area contributed by atoms with E-state index in [1.54, 1.807) is 18.2 Å². The fourth-order valence-corrected chi connectivity index (χ4v) is 2.76. The summed E-state index contributed by atoms with van der Waals surface area (Å²) in [5, 5.41) is 3.47. The average molecular weight is 281 g/mol. The molecule has 0 radical (unpaired) electrons. The molecule has 0 spiro atoms. The molecule has 0 atom stereocenters. The van der Waals surface area contributed by atoms with Crippen molar-refractivity contribution in [2.45, 2.75) is 51.4 Å². The van der Waals surface area contributed by atoms with Gasteiger partial charge in [0.05, 0.1) is 19.8 Å². The molecule has 1 aliphatic rings. The molecule has 4 heteroatoms. The fourth-order valence-electron chi connectivity index (χ4n) is 2.76. The van der Waals surface area contributed by atoms with E-state index in [4.69, 9.17) is 9.47 Å². The molecule has 0 amide bonds. The van der Waals surface area contributed by atoms with Crippen LogP contribution in [0.15, 0.2) is 18.2 Å².